The Kier molecular flexibility index (Phi) is 9.95. The predicted octanol–water partition coefficient (Wildman–Crippen LogP) is 2.18. The van der Waals surface area contributed by atoms with Crippen LogP contribution >= 0.6 is 0 Å². The summed E-state index contributed by atoms with van der Waals surface area (Å²) in [6.45, 7) is 8.11. The molecule has 1 aromatic carbocycles. The van der Waals surface area contributed by atoms with Crippen LogP contribution in [-0.4, -0.2) is 59.6 Å². The van der Waals surface area contributed by atoms with Crippen molar-refractivity contribution in [2.45, 2.75) is 32.6 Å². The maximum Gasteiger partial charge on any atom is 0.246 e. The second kappa shape index (κ2) is 11.9. The van der Waals surface area contributed by atoms with Crippen LogP contribution in [0.5, 0.6) is 0 Å². The summed E-state index contributed by atoms with van der Waals surface area (Å²) in [4.78, 5) is 38.5. The Morgan fingerprint density at radius 2 is 1.71 bits per heavy atom. The third-order valence-corrected chi connectivity index (χ3v) is 4.25. The lowest BCUT2D eigenvalue weighted by Crippen LogP contribution is -2.40. The van der Waals surface area contributed by atoms with Gasteiger partial charge in [-0.3, -0.25) is 19.6 Å². The Morgan fingerprint density at radius 1 is 1.11 bits per heavy atom. The van der Waals surface area contributed by atoms with Gasteiger partial charge in [0.25, 0.3) is 0 Å². The number of amides is 3. The molecule has 0 bridgehead atoms. The summed E-state index contributed by atoms with van der Waals surface area (Å²) in [5, 5.41) is 13.0. The smallest absolute Gasteiger partial charge is 0.246 e. The molecule has 2 N–H and O–H groups in total. The highest BCUT2D eigenvalue weighted by molar-refractivity contribution is 5.86. The van der Waals surface area contributed by atoms with Gasteiger partial charge >= 0.3 is 0 Å². The molecule has 0 aliphatic heterocycles. The molecule has 1 aromatic rings. The van der Waals surface area contributed by atoms with Crippen molar-refractivity contribution in [3.8, 4) is 0 Å². The van der Waals surface area contributed by atoms with Crippen LogP contribution in [0.15, 0.2) is 43.0 Å². The number of benzene rings is 1. The zero-order valence-corrected chi connectivity index (χ0v) is 16.9. The summed E-state index contributed by atoms with van der Waals surface area (Å²) in [6, 6.07) is 9.23. The second-order valence-corrected chi connectivity index (χ2v) is 7.03. The number of hydroxylamine groups is 2. The molecule has 1 atom stereocenters. The zero-order chi connectivity index (χ0) is 21.1. The molecule has 3 amide bonds. The van der Waals surface area contributed by atoms with E-state index in [0.717, 1.165) is 5.56 Å². The summed E-state index contributed by atoms with van der Waals surface area (Å²) in [5.41, 5.74) is 0.804. The summed E-state index contributed by atoms with van der Waals surface area (Å²) >= 11 is 0. The first-order valence-corrected chi connectivity index (χ1v) is 9.44. The van der Waals surface area contributed by atoms with Crippen LogP contribution in [0.2, 0.25) is 0 Å². The Labute approximate surface area is 167 Å². The highest BCUT2D eigenvalue weighted by atomic mass is 16.5. The van der Waals surface area contributed by atoms with E-state index in [1.807, 2.05) is 44.2 Å². The Bertz CT molecular complexity index is 661. The minimum atomic E-state index is -0.527. The van der Waals surface area contributed by atoms with Crippen molar-refractivity contribution >= 4 is 17.7 Å². The van der Waals surface area contributed by atoms with Gasteiger partial charge in [0, 0.05) is 33.0 Å². The van der Waals surface area contributed by atoms with Crippen molar-refractivity contribution in [1.29, 1.82) is 0 Å². The second-order valence-electron chi connectivity index (χ2n) is 7.03. The standard InChI is InChI=1S/C21H31N3O4/c1-5-13-23(19(25)11-12-20(26)24(28)14-16(2)3)15-18(21(27)22-4)17-9-7-6-8-10-17/h5-10,16,18,28H,1,11-15H2,2-4H3,(H,22,27). The Morgan fingerprint density at radius 3 is 2.25 bits per heavy atom. The molecule has 1 rings (SSSR count). The number of nitrogens with one attached hydrogen (secondary N) is 1. The van der Waals surface area contributed by atoms with Gasteiger partial charge in [-0.05, 0) is 11.5 Å². The fraction of sp³-hybridized carbons (Fsp3) is 0.476. The van der Waals surface area contributed by atoms with Crippen LogP contribution < -0.4 is 5.32 Å². The van der Waals surface area contributed by atoms with Gasteiger partial charge in [0.2, 0.25) is 17.7 Å². The molecule has 28 heavy (non-hydrogen) atoms. The van der Waals surface area contributed by atoms with Gasteiger partial charge in [-0.15, -0.1) is 6.58 Å². The van der Waals surface area contributed by atoms with Crippen LogP contribution in [0.4, 0.5) is 0 Å². The maximum atomic E-state index is 12.7. The SMILES string of the molecule is C=CCN(CC(C(=O)NC)c1ccccc1)C(=O)CCC(=O)N(O)CC(C)C. The van der Waals surface area contributed by atoms with Crippen molar-refractivity contribution in [2.75, 3.05) is 26.7 Å². The number of likely N-dealkylation sites (N-methyl/N-ethyl adjacent to an activating group) is 1. The van der Waals surface area contributed by atoms with Crippen LogP contribution in [-0.2, 0) is 14.4 Å². The van der Waals surface area contributed by atoms with Gasteiger partial charge in [-0.1, -0.05) is 50.3 Å². The number of carbonyl (C=O) groups is 3. The molecule has 0 saturated carbocycles. The highest BCUT2D eigenvalue weighted by Gasteiger charge is 2.25. The highest BCUT2D eigenvalue weighted by Crippen LogP contribution is 2.18. The topological polar surface area (TPSA) is 90.0 Å². The van der Waals surface area contributed by atoms with Gasteiger partial charge in [-0.25, -0.2) is 5.06 Å². The van der Waals surface area contributed by atoms with Gasteiger partial charge in [-0.2, -0.15) is 0 Å². The van der Waals surface area contributed by atoms with Crippen molar-refractivity contribution in [3.05, 3.63) is 48.6 Å². The van der Waals surface area contributed by atoms with Gasteiger partial charge < -0.3 is 10.2 Å². The minimum Gasteiger partial charge on any atom is -0.359 e. The first-order valence-electron chi connectivity index (χ1n) is 9.44. The lowest BCUT2D eigenvalue weighted by atomic mass is 9.97. The number of rotatable bonds is 11. The van der Waals surface area contributed by atoms with Gasteiger partial charge in [0.15, 0.2) is 0 Å². The lowest BCUT2D eigenvalue weighted by molar-refractivity contribution is -0.168. The van der Waals surface area contributed by atoms with E-state index in [2.05, 4.69) is 11.9 Å². The fourth-order valence-electron chi connectivity index (χ4n) is 2.80. The number of hydrogen-bond donors (Lipinski definition) is 2. The molecule has 0 aromatic heterocycles. The first-order chi connectivity index (χ1) is 13.3. The van der Waals surface area contributed by atoms with E-state index >= 15 is 0 Å². The molecule has 0 spiro atoms. The van der Waals surface area contributed by atoms with E-state index < -0.39 is 11.8 Å². The molecule has 7 nitrogen and oxygen atoms in total. The average Bonchev–Trinajstić information content (AvgIpc) is 2.68. The molecule has 0 fully saturated rings. The average molecular weight is 389 g/mol. The van der Waals surface area contributed by atoms with Crippen molar-refractivity contribution in [1.82, 2.24) is 15.3 Å². The molecule has 0 aliphatic rings. The van der Waals surface area contributed by atoms with E-state index in [1.54, 1.807) is 13.1 Å². The molecule has 0 heterocycles. The summed E-state index contributed by atoms with van der Waals surface area (Å²) in [7, 11) is 1.56. The maximum absolute atomic E-state index is 12.7. The van der Waals surface area contributed by atoms with Crippen molar-refractivity contribution in [3.63, 3.8) is 0 Å². The normalized spacial score (nSPS) is 11.6. The predicted molar refractivity (Wildman–Crippen MR) is 108 cm³/mol. The van der Waals surface area contributed by atoms with E-state index in [1.165, 1.54) is 4.90 Å². The van der Waals surface area contributed by atoms with Crippen LogP contribution in [0.1, 0.15) is 38.2 Å². The minimum absolute atomic E-state index is 0.0446. The summed E-state index contributed by atoms with van der Waals surface area (Å²) in [5.74, 6) is -1.35. The van der Waals surface area contributed by atoms with E-state index in [9.17, 15) is 19.6 Å². The van der Waals surface area contributed by atoms with E-state index in [0.29, 0.717) is 5.06 Å². The first kappa shape index (κ1) is 23.4. The number of nitrogens with zero attached hydrogens (tertiary/aromatic N) is 2. The van der Waals surface area contributed by atoms with E-state index in [-0.39, 0.29) is 50.2 Å². The lowest BCUT2D eigenvalue weighted by Gasteiger charge is -2.26. The zero-order valence-electron chi connectivity index (χ0n) is 16.9. The molecule has 0 saturated heterocycles. The van der Waals surface area contributed by atoms with Gasteiger partial charge in [0.1, 0.15) is 0 Å². The molecular weight excluding hydrogens is 358 g/mol. The quantitative estimate of drug-likeness (QED) is 0.345. The largest absolute Gasteiger partial charge is 0.359 e. The van der Waals surface area contributed by atoms with Crippen LogP contribution in [0.25, 0.3) is 0 Å². The van der Waals surface area contributed by atoms with Crippen molar-refractivity contribution < 1.29 is 19.6 Å². The van der Waals surface area contributed by atoms with Crippen LogP contribution in [0, 0.1) is 5.92 Å². The molecule has 0 radical (unpaired) electrons. The van der Waals surface area contributed by atoms with Crippen LogP contribution in [0.3, 0.4) is 0 Å². The summed E-state index contributed by atoms with van der Waals surface area (Å²) in [6.07, 6.45) is 1.45. The molecule has 154 valence electrons. The fourth-order valence-corrected chi connectivity index (χ4v) is 2.80. The number of carbonyl (C=O) groups excluding carboxylic acids is 3. The number of hydrogen-bond acceptors (Lipinski definition) is 4. The molecular formula is C21H31N3O4. The monoisotopic (exact) mass is 389 g/mol. The summed E-state index contributed by atoms with van der Waals surface area (Å²) < 4.78 is 0. The molecule has 7 heteroatoms. The Hall–Kier alpha value is -2.67. The Balaban J connectivity index is 2.81. The van der Waals surface area contributed by atoms with E-state index in [4.69, 9.17) is 0 Å². The molecule has 1 unspecified atom stereocenters. The molecule has 0 aliphatic carbocycles. The third-order valence-electron chi connectivity index (χ3n) is 4.25. The van der Waals surface area contributed by atoms with Gasteiger partial charge in [0.05, 0.1) is 12.5 Å². The van der Waals surface area contributed by atoms with Crippen molar-refractivity contribution in [2.24, 2.45) is 5.92 Å². The third kappa shape index (κ3) is 7.52.